The summed E-state index contributed by atoms with van der Waals surface area (Å²) in [4.78, 5) is 0. The number of anilines is 1. The van der Waals surface area contributed by atoms with Crippen LogP contribution in [0.4, 0.5) is 5.82 Å². The van der Waals surface area contributed by atoms with Crippen molar-refractivity contribution >= 4 is 5.82 Å². The van der Waals surface area contributed by atoms with Gasteiger partial charge < -0.3 is 10.2 Å². The van der Waals surface area contributed by atoms with Crippen molar-refractivity contribution in [3.8, 4) is 11.5 Å². The lowest BCUT2D eigenvalue weighted by Gasteiger charge is -1.96. The molecule has 0 saturated heterocycles. The molecule has 0 saturated carbocycles. The highest BCUT2D eigenvalue weighted by atomic mass is 16.3. The predicted octanol–water partition coefficient (Wildman–Crippen LogP) is 1.81. The van der Waals surface area contributed by atoms with Crippen LogP contribution >= 0.6 is 0 Å². The van der Waals surface area contributed by atoms with Crippen LogP contribution in [0.3, 0.4) is 0 Å². The molecule has 4 heteroatoms. The summed E-state index contributed by atoms with van der Waals surface area (Å²) >= 11 is 0. The monoisotopic (exact) mass is 177 g/mol. The van der Waals surface area contributed by atoms with E-state index in [9.17, 15) is 0 Å². The first-order chi connectivity index (χ1) is 6.33. The summed E-state index contributed by atoms with van der Waals surface area (Å²) in [6.45, 7) is 2.04. The van der Waals surface area contributed by atoms with Gasteiger partial charge in [0.05, 0.1) is 6.26 Å². The fourth-order valence-corrected chi connectivity index (χ4v) is 1.36. The van der Waals surface area contributed by atoms with Crippen molar-refractivity contribution in [2.24, 2.45) is 0 Å². The zero-order valence-electron chi connectivity index (χ0n) is 7.37. The van der Waals surface area contributed by atoms with Crippen LogP contribution in [-0.4, -0.2) is 10.2 Å². The average Bonchev–Trinajstić information content (AvgIpc) is 2.71. The highest BCUT2D eigenvalue weighted by molar-refractivity contribution is 5.63. The van der Waals surface area contributed by atoms with Gasteiger partial charge in [0, 0.05) is 5.56 Å². The Hall–Kier alpha value is -1.71. The van der Waals surface area contributed by atoms with E-state index in [1.165, 1.54) is 0 Å². The quantitative estimate of drug-likeness (QED) is 0.735. The fourth-order valence-electron chi connectivity index (χ4n) is 1.36. The molecular weight excluding hydrogens is 166 g/mol. The number of nitrogen functional groups attached to an aromatic ring is 1. The molecule has 0 bridgehead atoms. The van der Waals surface area contributed by atoms with E-state index in [4.69, 9.17) is 10.2 Å². The maximum absolute atomic E-state index is 5.67. The highest BCUT2D eigenvalue weighted by Crippen LogP contribution is 2.25. The Labute approximate surface area is 75.7 Å². The summed E-state index contributed by atoms with van der Waals surface area (Å²) in [6.07, 6.45) is 2.48. The molecule has 0 aliphatic heterocycles. The largest absolute Gasteiger partial charge is 0.463 e. The van der Waals surface area contributed by atoms with Gasteiger partial charge in [0.25, 0.3) is 0 Å². The molecule has 3 N–H and O–H groups in total. The number of nitrogens with one attached hydrogen (secondary N) is 1. The van der Waals surface area contributed by atoms with Crippen LogP contribution in [0.2, 0.25) is 0 Å². The minimum absolute atomic E-state index is 0.550. The molecule has 2 aromatic rings. The molecule has 0 aliphatic rings. The van der Waals surface area contributed by atoms with Gasteiger partial charge in [-0.2, -0.15) is 5.10 Å². The van der Waals surface area contributed by atoms with Gasteiger partial charge in [-0.1, -0.05) is 6.92 Å². The Bertz CT molecular complexity index is 389. The minimum atomic E-state index is 0.550. The smallest absolute Gasteiger partial charge is 0.152 e. The van der Waals surface area contributed by atoms with E-state index < -0.39 is 0 Å². The Morgan fingerprint density at radius 3 is 3.08 bits per heavy atom. The zero-order chi connectivity index (χ0) is 9.26. The first-order valence-corrected chi connectivity index (χ1v) is 4.19. The van der Waals surface area contributed by atoms with Gasteiger partial charge in [-0.3, -0.25) is 5.10 Å². The standard InChI is InChI=1S/C9H11N3O/c1-2-6-8(11-12-9(6)10)7-4-3-5-13-7/h3-5H,2H2,1H3,(H3,10,11,12). The fraction of sp³-hybridized carbons (Fsp3) is 0.222. The van der Waals surface area contributed by atoms with Crippen molar-refractivity contribution in [2.45, 2.75) is 13.3 Å². The molecule has 0 atom stereocenters. The molecule has 13 heavy (non-hydrogen) atoms. The van der Waals surface area contributed by atoms with Crippen LogP contribution in [0.5, 0.6) is 0 Å². The van der Waals surface area contributed by atoms with E-state index in [1.807, 2.05) is 19.1 Å². The molecule has 2 rings (SSSR count). The van der Waals surface area contributed by atoms with E-state index >= 15 is 0 Å². The van der Waals surface area contributed by atoms with Crippen molar-refractivity contribution in [2.75, 3.05) is 5.73 Å². The van der Waals surface area contributed by atoms with Gasteiger partial charge in [0.2, 0.25) is 0 Å². The SMILES string of the molecule is CCc1c(N)n[nH]c1-c1ccco1. The molecule has 2 heterocycles. The Morgan fingerprint density at radius 1 is 1.62 bits per heavy atom. The number of furan rings is 1. The van der Waals surface area contributed by atoms with Gasteiger partial charge in [-0.05, 0) is 18.6 Å². The molecule has 0 fully saturated rings. The number of hydrogen-bond donors (Lipinski definition) is 2. The van der Waals surface area contributed by atoms with E-state index in [0.717, 1.165) is 23.4 Å². The number of nitrogens with zero attached hydrogens (tertiary/aromatic N) is 1. The van der Waals surface area contributed by atoms with Crippen LogP contribution < -0.4 is 5.73 Å². The van der Waals surface area contributed by atoms with Crippen LogP contribution in [0.25, 0.3) is 11.5 Å². The summed E-state index contributed by atoms with van der Waals surface area (Å²) in [5.74, 6) is 1.33. The summed E-state index contributed by atoms with van der Waals surface area (Å²) in [6, 6.07) is 3.72. The lowest BCUT2D eigenvalue weighted by atomic mass is 10.1. The van der Waals surface area contributed by atoms with Gasteiger partial charge >= 0.3 is 0 Å². The Balaban J connectivity index is 2.52. The molecule has 2 aromatic heterocycles. The normalized spacial score (nSPS) is 10.5. The molecule has 0 aromatic carbocycles. The van der Waals surface area contributed by atoms with E-state index in [0.29, 0.717) is 5.82 Å². The number of aromatic amines is 1. The van der Waals surface area contributed by atoms with Crippen LogP contribution in [0, 0.1) is 0 Å². The Morgan fingerprint density at radius 2 is 2.46 bits per heavy atom. The Kier molecular flexibility index (Phi) is 1.81. The van der Waals surface area contributed by atoms with Crippen molar-refractivity contribution in [1.82, 2.24) is 10.2 Å². The van der Waals surface area contributed by atoms with Gasteiger partial charge in [0.1, 0.15) is 11.5 Å². The second kappa shape index (κ2) is 2.97. The lowest BCUT2D eigenvalue weighted by Crippen LogP contribution is -1.90. The van der Waals surface area contributed by atoms with Gasteiger partial charge in [-0.25, -0.2) is 0 Å². The highest BCUT2D eigenvalue weighted by Gasteiger charge is 2.12. The second-order valence-electron chi connectivity index (χ2n) is 2.79. The van der Waals surface area contributed by atoms with Gasteiger partial charge in [-0.15, -0.1) is 0 Å². The van der Waals surface area contributed by atoms with Crippen LogP contribution in [0.1, 0.15) is 12.5 Å². The zero-order valence-corrected chi connectivity index (χ0v) is 7.37. The molecule has 4 nitrogen and oxygen atoms in total. The first-order valence-electron chi connectivity index (χ1n) is 4.19. The second-order valence-corrected chi connectivity index (χ2v) is 2.79. The lowest BCUT2D eigenvalue weighted by molar-refractivity contribution is 0.579. The third kappa shape index (κ3) is 1.20. The third-order valence-electron chi connectivity index (χ3n) is 2.02. The average molecular weight is 177 g/mol. The predicted molar refractivity (Wildman–Crippen MR) is 50.1 cm³/mol. The van der Waals surface area contributed by atoms with E-state index in [1.54, 1.807) is 6.26 Å². The summed E-state index contributed by atoms with van der Waals surface area (Å²) in [5, 5.41) is 6.79. The number of rotatable bonds is 2. The van der Waals surface area contributed by atoms with Crippen LogP contribution in [-0.2, 0) is 6.42 Å². The maximum atomic E-state index is 5.67. The summed E-state index contributed by atoms with van der Waals surface area (Å²) in [5.41, 5.74) is 7.56. The molecular formula is C9H11N3O. The molecule has 0 spiro atoms. The summed E-state index contributed by atoms with van der Waals surface area (Å²) < 4.78 is 5.25. The summed E-state index contributed by atoms with van der Waals surface area (Å²) in [7, 11) is 0. The third-order valence-corrected chi connectivity index (χ3v) is 2.02. The number of aromatic nitrogens is 2. The molecule has 0 aliphatic carbocycles. The minimum Gasteiger partial charge on any atom is -0.463 e. The van der Waals surface area contributed by atoms with Crippen LogP contribution in [0.15, 0.2) is 22.8 Å². The van der Waals surface area contributed by atoms with E-state index in [-0.39, 0.29) is 0 Å². The maximum Gasteiger partial charge on any atom is 0.152 e. The number of H-pyrrole nitrogens is 1. The molecule has 0 amide bonds. The molecule has 0 radical (unpaired) electrons. The van der Waals surface area contributed by atoms with Crippen molar-refractivity contribution < 1.29 is 4.42 Å². The van der Waals surface area contributed by atoms with Gasteiger partial charge in [0.15, 0.2) is 5.76 Å². The topological polar surface area (TPSA) is 67.8 Å². The van der Waals surface area contributed by atoms with E-state index in [2.05, 4.69) is 10.2 Å². The molecule has 0 unspecified atom stereocenters. The van der Waals surface area contributed by atoms with Crippen molar-refractivity contribution in [3.63, 3.8) is 0 Å². The van der Waals surface area contributed by atoms with Crippen molar-refractivity contribution in [3.05, 3.63) is 24.0 Å². The van der Waals surface area contributed by atoms with Crippen molar-refractivity contribution in [1.29, 1.82) is 0 Å². The first kappa shape index (κ1) is 7.91. The molecule has 68 valence electrons. The number of nitrogens with two attached hydrogens (primary N) is 1. The number of hydrogen-bond acceptors (Lipinski definition) is 3.